The van der Waals surface area contributed by atoms with E-state index in [2.05, 4.69) is 47.7 Å². The molecular weight excluding hydrogens is 210 g/mol. The Morgan fingerprint density at radius 2 is 1.88 bits per heavy atom. The Morgan fingerprint density at radius 3 is 2.53 bits per heavy atom. The molecule has 90 valence electrons. The van der Waals surface area contributed by atoms with Gasteiger partial charge in [-0.25, -0.2) is 4.98 Å². The van der Waals surface area contributed by atoms with Crippen LogP contribution in [-0.2, 0) is 6.54 Å². The molecule has 0 amide bonds. The Labute approximate surface area is 102 Å². The van der Waals surface area contributed by atoms with Gasteiger partial charge in [-0.3, -0.25) is 0 Å². The molecule has 2 N–H and O–H groups in total. The second-order valence-corrected chi connectivity index (χ2v) is 4.46. The summed E-state index contributed by atoms with van der Waals surface area (Å²) in [5, 5.41) is 9.00. The zero-order chi connectivity index (χ0) is 12.3. The van der Waals surface area contributed by atoms with E-state index >= 15 is 0 Å². The van der Waals surface area contributed by atoms with Crippen LogP contribution in [0.3, 0.4) is 0 Å². The van der Waals surface area contributed by atoms with Crippen LogP contribution >= 0.6 is 0 Å². The Balaban J connectivity index is 2.43. The smallest absolute Gasteiger partial charge is 0.133 e. The monoisotopic (exact) mass is 229 g/mol. The van der Waals surface area contributed by atoms with E-state index in [4.69, 9.17) is 0 Å². The summed E-state index contributed by atoms with van der Waals surface area (Å²) >= 11 is 0. The minimum Gasteiger partial charge on any atom is -0.373 e. The average molecular weight is 229 g/mol. The second-order valence-electron chi connectivity index (χ2n) is 4.46. The summed E-state index contributed by atoms with van der Waals surface area (Å²) in [6.07, 6.45) is 1.95. The van der Waals surface area contributed by atoms with E-state index in [-0.39, 0.29) is 0 Å². The SMILES string of the molecule is CNc1ncc(CNC(C)C)c2ccccc12. The number of rotatable bonds is 4. The van der Waals surface area contributed by atoms with Gasteiger partial charge in [-0.15, -0.1) is 0 Å². The van der Waals surface area contributed by atoms with Gasteiger partial charge in [-0.1, -0.05) is 38.1 Å². The van der Waals surface area contributed by atoms with Gasteiger partial charge in [0.15, 0.2) is 0 Å². The maximum absolute atomic E-state index is 4.45. The molecule has 3 heteroatoms. The Kier molecular flexibility index (Phi) is 3.59. The van der Waals surface area contributed by atoms with Crippen molar-refractivity contribution >= 4 is 16.6 Å². The van der Waals surface area contributed by atoms with Gasteiger partial charge in [0.05, 0.1) is 0 Å². The van der Waals surface area contributed by atoms with E-state index in [0.29, 0.717) is 6.04 Å². The van der Waals surface area contributed by atoms with Crippen molar-refractivity contribution in [2.75, 3.05) is 12.4 Å². The summed E-state index contributed by atoms with van der Waals surface area (Å²) in [6.45, 7) is 5.16. The standard InChI is InChI=1S/C14H19N3/c1-10(2)16-8-11-9-17-14(15-3)13-7-5-4-6-12(11)13/h4-7,9-10,16H,8H2,1-3H3,(H,15,17). The lowest BCUT2D eigenvalue weighted by molar-refractivity contribution is 0.590. The van der Waals surface area contributed by atoms with Crippen molar-refractivity contribution in [1.29, 1.82) is 0 Å². The molecule has 0 aliphatic rings. The fourth-order valence-corrected chi connectivity index (χ4v) is 1.91. The Bertz CT molecular complexity index is 506. The van der Waals surface area contributed by atoms with Crippen LogP contribution in [0.2, 0.25) is 0 Å². The van der Waals surface area contributed by atoms with Crippen molar-refractivity contribution in [3.63, 3.8) is 0 Å². The fraction of sp³-hybridized carbons (Fsp3) is 0.357. The first-order chi connectivity index (χ1) is 8.22. The van der Waals surface area contributed by atoms with Crippen LogP contribution in [0.1, 0.15) is 19.4 Å². The van der Waals surface area contributed by atoms with Crippen LogP contribution in [0.4, 0.5) is 5.82 Å². The minimum atomic E-state index is 0.484. The third-order valence-electron chi connectivity index (χ3n) is 2.82. The molecule has 0 atom stereocenters. The number of hydrogen-bond acceptors (Lipinski definition) is 3. The van der Waals surface area contributed by atoms with Gasteiger partial charge in [0.1, 0.15) is 5.82 Å². The zero-order valence-electron chi connectivity index (χ0n) is 10.6. The van der Waals surface area contributed by atoms with Crippen molar-refractivity contribution < 1.29 is 0 Å². The predicted molar refractivity (Wildman–Crippen MR) is 73.3 cm³/mol. The Morgan fingerprint density at radius 1 is 1.18 bits per heavy atom. The molecule has 0 aliphatic heterocycles. The van der Waals surface area contributed by atoms with E-state index in [1.807, 2.05) is 19.3 Å². The van der Waals surface area contributed by atoms with Crippen LogP contribution in [0.5, 0.6) is 0 Å². The van der Waals surface area contributed by atoms with E-state index in [1.165, 1.54) is 16.3 Å². The number of benzene rings is 1. The molecule has 0 saturated heterocycles. The van der Waals surface area contributed by atoms with E-state index in [1.54, 1.807) is 0 Å². The second kappa shape index (κ2) is 5.15. The first-order valence-corrected chi connectivity index (χ1v) is 6.00. The molecule has 3 nitrogen and oxygen atoms in total. The van der Waals surface area contributed by atoms with Crippen molar-refractivity contribution in [2.45, 2.75) is 26.4 Å². The fourth-order valence-electron chi connectivity index (χ4n) is 1.91. The number of nitrogens with one attached hydrogen (secondary N) is 2. The summed E-state index contributed by atoms with van der Waals surface area (Å²) in [5.41, 5.74) is 1.24. The van der Waals surface area contributed by atoms with Crippen molar-refractivity contribution in [2.24, 2.45) is 0 Å². The van der Waals surface area contributed by atoms with E-state index < -0.39 is 0 Å². The van der Waals surface area contributed by atoms with Gasteiger partial charge in [0, 0.05) is 31.2 Å². The molecule has 0 radical (unpaired) electrons. The molecule has 2 rings (SSSR count). The van der Waals surface area contributed by atoms with Gasteiger partial charge >= 0.3 is 0 Å². The summed E-state index contributed by atoms with van der Waals surface area (Å²) in [5.74, 6) is 0.939. The zero-order valence-corrected chi connectivity index (χ0v) is 10.6. The van der Waals surface area contributed by atoms with E-state index in [9.17, 15) is 0 Å². The molecule has 1 aromatic carbocycles. The van der Waals surface area contributed by atoms with Crippen LogP contribution in [-0.4, -0.2) is 18.1 Å². The number of nitrogens with zero attached hydrogens (tertiary/aromatic N) is 1. The third kappa shape index (κ3) is 2.56. The van der Waals surface area contributed by atoms with Crippen molar-refractivity contribution in [1.82, 2.24) is 10.3 Å². The Hall–Kier alpha value is -1.61. The summed E-state index contributed by atoms with van der Waals surface area (Å²) in [7, 11) is 1.90. The summed E-state index contributed by atoms with van der Waals surface area (Å²) in [6, 6.07) is 8.85. The maximum Gasteiger partial charge on any atom is 0.133 e. The molecule has 17 heavy (non-hydrogen) atoms. The highest BCUT2D eigenvalue weighted by molar-refractivity contribution is 5.93. The number of aromatic nitrogens is 1. The molecule has 0 spiro atoms. The molecule has 2 aromatic rings. The first-order valence-electron chi connectivity index (χ1n) is 6.00. The lowest BCUT2D eigenvalue weighted by atomic mass is 10.1. The van der Waals surface area contributed by atoms with E-state index in [0.717, 1.165) is 12.4 Å². The third-order valence-corrected chi connectivity index (χ3v) is 2.82. The maximum atomic E-state index is 4.45. The molecule has 0 aliphatic carbocycles. The molecule has 0 fully saturated rings. The molecule has 0 saturated carbocycles. The number of pyridine rings is 1. The topological polar surface area (TPSA) is 37.0 Å². The molecule has 0 unspecified atom stereocenters. The largest absolute Gasteiger partial charge is 0.373 e. The van der Waals surface area contributed by atoms with Crippen molar-refractivity contribution in [3.8, 4) is 0 Å². The average Bonchev–Trinajstić information content (AvgIpc) is 2.35. The highest BCUT2D eigenvalue weighted by Gasteiger charge is 2.05. The predicted octanol–water partition coefficient (Wildman–Crippen LogP) is 2.77. The molecule has 1 aromatic heterocycles. The van der Waals surface area contributed by atoms with Crippen molar-refractivity contribution in [3.05, 3.63) is 36.0 Å². The van der Waals surface area contributed by atoms with Crippen LogP contribution in [0.15, 0.2) is 30.5 Å². The summed E-state index contributed by atoms with van der Waals surface area (Å²) < 4.78 is 0. The molecule has 1 heterocycles. The van der Waals surface area contributed by atoms with Gasteiger partial charge in [0.25, 0.3) is 0 Å². The van der Waals surface area contributed by atoms with Crippen LogP contribution in [0, 0.1) is 0 Å². The van der Waals surface area contributed by atoms with Gasteiger partial charge in [0.2, 0.25) is 0 Å². The lowest BCUT2D eigenvalue weighted by Crippen LogP contribution is -2.22. The summed E-state index contributed by atoms with van der Waals surface area (Å²) in [4.78, 5) is 4.45. The normalized spacial score (nSPS) is 11.1. The quantitative estimate of drug-likeness (QED) is 0.846. The minimum absolute atomic E-state index is 0.484. The van der Waals surface area contributed by atoms with Crippen LogP contribution in [0.25, 0.3) is 10.8 Å². The number of anilines is 1. The van der Waals surface area contributed by atoms with Gasteiger partial charge in [-0.05, 0) is 10.9 Å². The number of hydrogen-bond donors (Lipinski definition) is 2. The number of fused-ring (bicyclic) bond motifs is 1. The highest BCUT2D eigenvalue weighted by atomic mass is 15.0. The van der Waals surface area contributed by atoms with Gasteiger partial charge < -0.3 is 10.6 Å². The van der Waals surface area contributed by atoms with Crippen LogP contribution < -0.4 is 10.6 Å². The highest BCUT2D eigenvalue weighted by Crippen LogP contribution is 2.23. The molecular formula is C14H19N3. The first kappa shape index (κ1) is 11.9. The van der Waals surface area contributed by atoms with Gasteiger partial charge in [-0.2, -0.15) is 0 Å². The lowest BCUT2D eigenvalue weighted by Gasteiger charge is -2.12. The molecule has 0 bridgehead atoms.